The van der Waals surface area contributed by atoms with Crippen LogP contribution in [-0.4, -0.2) is 19.0 Å². The van der Waals surface area contributed by atoms with Gasteiger partial charge in [-0.3, -0.25) is 4.79 Å². The first-order chi connectivity index (χ1) is 7.17. The summed E-state index contributed by atoms with van der Waals surface area (Å²) in [6.45, 7) is 6.17. The van der Waals surface area contributed by atoms with E-state index in [2.05, 4.69) is 24.8 Å². The normalized spacial score (nSPS) is 10.0. The molecular weight excluding hydrogens is 188 g/mol. The lowest BCUT2D eigenvalue weighted by Gasteiger charge is -2.21. The number of hydrogen-bond donors (Lipinski definition) is 1. The minimum atomic E-state index is -0.285. The average Bonchev–Trinajstić information content (AvgIpc) is 2.19. The fraction of sp³-hybridized carbons (Fsp3) is 0.417. The molecule has 0 atom stereocenters. The number of amides is 1. The molecule has 3 nitrogen and oxygen atoms in total. The number of hydrogen-bond acceptors (Lipinski definition) is 2. The number of primary amides is 1. The summed E-state index contributed by atoms with van der Waals surface area (Å²) in [4.78, 5) is 13.0. The van der Waals surface area contributed by atoms with Gasteiger partial charge in [-0.05, 0) is 31.5 Å². The number of benzene rings is 1. The largest absolute Gasteiger partial charge is 0.372 e. The monoisotopic (exact) mass is 206 g/mol. The van der Waals surface area contributed by atoms with Gasteiger partial charge in [0, 0.05) is 18.8 Å². The van der Waals surface area contributed by atoms with Crippen molar-refractivity contribution in [2.24, 2.45) is 5.73 Å². The van der Waals surface area contributed by atoms with E-state index < -0.39 is 0 Å². The van der Waals surface area contributed by atoms with Gasteiger partial charge in [0.2, 0.25) is 5.91 Å². The minimum absolute atomic E-state index is 0.285. The topological polar surface area (TPSA) is 46.3 Å². The van der Waals surface area contributed by atoms with Crippen molar-refractivity contribution in [3.05, 3.63) is 29.8 Å². The van der Waals surface area contributed by atoms with Crippen LogP contribution in [0.4, 0.5) is 5.69 Å². The second-order valence-electron chi connectivity index (χ2n) is 3.49. The van der Waals surface area contributed by atoms with Crippen molar-refractivity contribution < 1.29 is 4.79 Å². The molecule has 0 aliphatic carbocycles. The molecule has 1 aromatic carbocycles. The predicted octanol–water partition coefficient (Wildman–Crippen LogP) is 1.56. The van der Waals surface area contributed by atoms with E-state index >= 15 is 0 Å². The molecular formula is C12H18N2O. The third-order valence-corrected chi connectivity index (χ3v) is 2.42. The van der Waals surface area contributed by atoms with E-state index in [0.29, 0.717) is 6.42 Å². The highest BCUT2D eigenvalue weighted by molar-refractivity contribution is 5.77. The summed E-state index contributed by atoms with van der Waals surface area (Å²) in [5.41, 5.74) is 7.29. The van der Waals surface area contributed by atoms with Gasteiger partial charge in [-0.1, -0.05) is 12.1 Å². The van der Waals surface area contributed by atoms with Gasteiger partial charge < -0.3 is 10.6 Å². The number of anilines is 1. The standard InChI is InChI=1S/C12H18N2O/c1-3-14(4-2)11-7-5-6-10(8-11)9-12(13)15/h5-8H,3-4,9H2,1-2H3,(H2,13,15). The zero-order valence-corrected chi connectivity index (χ0v) is 9.36. The number of nitrogens with two attached hydrogens (primary N) is 1. The molecule has 0 saturated heterocycles. The Labute approximate surface area is 90.9 Å². The van der Waals surface area contributed by atoms with Crippen molar-refractivity contribution in [2.45, 2.75) is 20.3 Å². The number of nitrogens with zero attached hydrogens (tertiary/aromatic N) is 1. The highest BCUT2D eigenvalue weighted by Gasteiger charge is 2.03. The Hall–Kier alpha value is -1.51. The molecule has 0 heterocycles. The first kappa shape index (κ1) is 11.6. The van der Waals surface area contributed by atoms with Gasteiger partial charge in [0.15, 0.2) is 0 Å². The molecule has 3 heteroatoms. The molecule has 0 fully saturated rings. The van der Waals surface area contributed by atoms with E-state index in [4.69, 9.17) is 5.73 Å². The fourth-order valence-electron chi connectivity index (χ4n) is 1.65. The molecule has 0 aromatic heterocycles. The Morgan fingerprint density at radius 3 is 2.53 bits per heavy atom. The van der Waals surface area contributed by atoms with Crippen LogP contribution in [0.1, 0.15) is 19.4 Å². The summed E-state index contributed by atoms with van der Waals surface area (Å²) in [7, 11) is 0. The molecule has 1 aromatic rings. The van der Waals surface area contributed by atoms with Crippen molar-refractivity contribution in [3.8, 4) is 0 Å². The van der Waals surface area contributed by atoms with Crippen LogP contribution in [0, 0.1) is 0 Å². The molecule has 0 aliphatic heterocycles. The quantitative estimate of drug-likeness (QED) is 0.794. The zero-order valence-electron chi connectivity index (χ0n) is 9.36. The van der Waals surface area contributed by atoms with Crippen LogP contribution in [0.2, 0.25) is 0 Å². The maximum absolute atomic E-state index is 10.8. The molecule has 0 spiro atoms. The van der Waals surface area contributed by atoms with Crippen molar-refractivity contribution in [1.82, 2.24) is 0 Å². The number of carbonyl (C=O) groups excluding carboxylic acids is 1. The third kappa shape index (κ3) is 3.27. The van der Waals surface area contributed by atoms with E-state index in [-0.39, 0.29) is 5.91 Å². The van der Waals surface area contributed by atoms with Gasteiger partial charge >= 0.3 is 0 Å². The lowest BCUT2D eigenvalue weighted by molar-refractivity contribution is -0.117. The first-order valence-corrected chi connectivity index (χ1v) is 5.29. The van der Waals surface area contributed by atoms with Crippen molar-refractivity contribution in [3.63, 3.8) is 0 Å². The predicted molar refractivity (Wildman–Crippen MR) is 62.9 cm³/mol. The summed E-state index contributed by atoms with van der Waals surface area (Å²) >= 11 is 0. The smallest absolute Gasteiger partial charge is 0.221 e. The van der Waals surface area contributed by atoms with Crippen LogP contribution in [-0.2, 0) is 11.2 Å². The van der Waals surface area contributed by atoms with E-state index in [0.717, 1.165) is 24.3 Å². The van der Waals surface area contributed by atoms with Crippen LogP contribution in [0.25, 0.3) is 0 Å². The second-order valence-corrected chi connectivity index (χ2v) is 3.49. The van der Waals surface area contributed by atoms with Crippen molar-refractivity contribution in [2.75, 3.05) is 18.0 Å². The van der Waals surface area contributed by atoms with Crippen LogP contribution in [0.5, 0.6) is 0 Å². The SMILES string of the molecule is CCN(CC)c1cccc(CC(N)=O)c1. The summed E-state index contributed by atoms with van der Waals surface area (Å²) in [6, 6.07) is 7.97. The Balaban J connectivity index is 2.86. The molecule has 0 aliphatic rings. The summed E-state index contributed by atoms with van der Waals surface area (Å²) < 4.78 is 0. The van der Waals surface area contributed by atoms with Crippen LogP contribution in [0.3, 0.4) is 0 Å². The highest BCUT2D eigenvalue weighted by Crippen LogP contribution is 2.15. The molecule has 0 radical (unpaired) electrons. The Morgan fingerprint density at radius 2 is 2.00 bits per heavy atom. The molecule has 1 rings (SSSR count). The summed E-state index contributed by atoms with van der Waals surface area (Å²) in [5, 5.41) is 0. The van der Waals surface area contributed by atoms with E-state index in [1.165, 1.54) is 0 Å². The number of rotatable bonds is 5. The Morgan fingerprint density at radius 1 is 1.33 bits per heavy atom. The summed E-state index contributed by atoms with van der Waals surface area (Å²) in [6.07, 6.45) is 0.315. The second kappa shape index (κ2) is 5.39. The molecule has 82 valence electrons. The Bertz CT molecular complexity index is 332. The van der Waals surface area contributed by atoms with Crippen molar-refractivity contribution >= 4 is 11.6 Å². The van der Waals surface area contributed by atoms with Gasteiger partial charge in [-0.25, -0.2) is 0 Å². The Kier molecular flexibility index (Phi) is 4.16. The van der Waals surface area contributed by atoms with Gasteiger partial charge in [-0.15, -0.1) is 0 Å². The minimum Gasteiger partial charge on any atom is -0.372 e. The van der Waals surface area contributed by atoms with Gasteiger partial charge in [0.05, 0.1) is 6.42 Å². The maximum atomic E-state index is 10.8. The van der Waals surface area contributed by atoms with Gasteiger partial charge in [0.25, 0.3) is 0 Å². The van der Waals surface area contributed by atoms with E-state index in [1.807, 2.05) is 18.2 Å². The molecule has 2 N–H and O–H groups in total. The van der Waals surface area contributed by atoms with E-state index in [1.54, 1.807) is 0 Å². The molecule has 0 bridgehead atoms. The van der Waals surface area contributed by atoms with Gasteiger partial charge in [-0.2, -0.15) is 0 Å². The molecule has 15 heavy (non-hydrogen) atoms. The highest BCUT2D eigenvalue weighted by atomic mass is 16.1. The molecule has 0 saturated carbocycles. The first-order valence-electron chi connectivity index (χ1n) is 5.29. The lowest BCUT2D eigenvalue weighted by Crippen LogP contribution is -2.22. The number of carbonyl (C=O) groups is 1. The third-order valence-electron chi connectivity index (χ3n) is 2.42. The fourth-order valence-corrected chi connectivity index (χ4v) is 1.65. The van der Waals surface area contributed by atoms with E-state index in [9.17, 15) is 4.79 Å². The zero-order chi connectivity index (χ0) is 11.3. The average molecular weight is 206 g/mol. The maximum Gasteiger partial charge on any atom is 0.221 e. The van der Waals surface area contributed by atoms with Crippen LogP contribution in [0.15, 0.2) is 24.3 Å². The van der Waals surface area contributed by atoms with Crippen LogP contribution >= 0.6 is 0 Å². The van der Waals surface area contributed by atoms with Crippen molar-refractivity contribution in [1.29, 1.82) is 0 Å². The van der Waals surface area contributed by atoms with Crippen LogP contribution < -0.4 is 10.6 Å². The summed E-state index contributed by atoms with van der Waals surface area (Å²) in [5.74, 6) is -0.285. The molecule has 0 unspecified atom stereocenters. The molecule has 1 amide bonds. The van der Waals surface area contributed by atoms with Gasteiger partial charge in [0.1, 0.15) is 0 Å². The lowest BCUT2D eigenvalue weighted by atomic mass is 10.1.